The average molecular weight is 192 g/mol. The van der Waals surface area contributed by atoms with Gasteiger partial charge in [-0.05, 0) is 13.3 Å². The van der Waals surface area contributed by atoms with Crippen molar-refractivity contribution in [2.24, 2.45) is 0 Å². The first-order valence-corrected chi connectivity index (χ1v) is 5.60. The zero-order valence-electron chi connectivity index (χ0n) is 8.25. The second-order valence-electron chi connectivity index (χ2n) is 2.93. The van der Waals surface area contributed by atoms with E-state index in [1.54, 1.807) is 11.8 Å². The van der Waals surface area contributed by atoms with Crippen molar-refractivity contribution in [1.82, 2.24) is 0 Å². The molecule has 74 valence electrons. The van der Waals surface area contributed by atoms with Gasteiger partial charge in [-0.1, -0.05) is 13.8 Å². The molecule has 0 spiro atoms. The topological polar surface area (TPSA) is 29.5 Å². The predicted octanol–water partition coefficient (Wildman–Crippen LogP) is 1.92. The Labute approximate surface area is 79.7 Å². The first-order valence-electron chi connectivity index (χ1n) is 4.56. The number of hydrogen-bond donors (Lipinski definition) is 1. The van der Waals surface area contributed by atoms with Crippen LogP contribution in [0.1, 0.15) is 27.2 Å². The van der Waals surface area contributed by atoms with Crippen LogP contribution in [0.3, 0.4) is 0 Å². The third-order valence-corrected chi connectivity index (χ3v) is 2.96. The Morgan fingerprint density at radius 1 is 1.33 bits per heavy atom. The molecular weight excluding hydrogens is 172 g/mol. The average Bonchev–Trinajstić information content (AvgIpc) is 2.03. The van der Waals surface area contributed by atoms with Crippen molar-refractivity contribution >= 4 is 11.8 Å². The van der Waals surface area contributed by atoms with E-state index in [9.17, 15) is 0 Å². The van der Waals surface area contributed by atoms with Crippen molar-refractivity contribution in [2.45, 2.75) is 38.5 Å². The first-order chi connectivity index (χ1) is 5.68. The summed E-state index contributed by atoms with van der Waals surface area (Å²) in [4.78, 5) is 0. The van der Waals surface area contributed by atoms with Gasteiger partial charge < -0.3 is 9.84 Å². The third-order valence-electron chi connectivity index (χ3n) is 1.64. The first kappa shape index (κ1) is 12.3. The summed E-state index contributed by atoms with van der Waals surface area (Å²) in [5.74, 6) is 0.978. The van der Waals surface area contributed by atoms with Crippen LogP contribution in [0.2, 0.25) is 0 Å². The maximum Gasteiger partial charge on any atom is 0.0628 e. The standard InChI is InChI=1S/C9H20O2S/c1-4-5-11-6-7-12-9(3)8(2)10/h8-10H,4-7H2,1-3H3. The lowest BCUT2D eigenvalue weighted by Gasteiger charge is -2.13. The second-order valence-corrected chi connectivity index (χ2v) is 4.41. The Morgan fingerprint density at radius 2 is 2.00 bits per heavy atom. The minimum absolute atomic E-state index is 0.221. The van der Waals surface area contributed by atoms with Crippen LogP contribution >= 0.6 is 11.8 Å². The molecule has 0 bridgehead atoms. The molecule has 0 aromatic carbocycles. The van der Waals surface area contributed by atoms with Gasteiger partial charge in [0.1, 0.15) is 0 Å². The molecule has 0 aliphatic heterocycles. The SMILES string of the molecule is CCCOCCSC(C)C(C)O. The normalized spacial score (nSPS) is 16.0. The van der Waals surface area contributed by atoms with Gasteiger partial charge in [0.15, 0.2) is 0 Å². The maximum atomic E-state index is 9.16. The predicted molar refractivity (Wildman–Crippen MR) is 54.7 cm³/mol. The number of aliphatic hydroxyl groups is 1. The van der Waals surface area contributed by atoms with Gasteiger partial charge in [-0.25, -0.2) is 0 Å². The molecule has 3 heteroatoms. The van der Waals surface area contributed by atoms with Crippen LogP contribution in [0.25, 0.3) is 0 Å². The van der Waals surface area contributed by atoms with Crippen LogP contribution in [-0.2, 0) is 4.74 Å². The molecule has 0 aromatic rings. The molecule has 0 amide bonds. The maximum absolute atomic E-state index is 9.16. The minimum Gasteiger partial charge on any atom is -0.392 e. The molecule has 2 nitrogen and oxygen atoms in total. The number of ether oxygens (including phenoxy) is 1. The van der Waals surface area contributed by atoms with Crippen LogP contribution in [-0.4, -0.2) is 35.4 Å². The van der Waals surface area contributed by atoms with Gasteiger partial charge in [-0.15, -0.1) is 0 Å². The zero-order chi connectivity index (χ0) is 9.40. The van der Waals surface area contributed by atoms with Gasteiger partial charge in [0.05, 0.1) is 12.7 Å². The monoisotopic (exact) mass is 192 g/mol. The second kappa shape index (κ2) is 7.90. The van der Waals surface area contributed by atoms with Gasteiger partial charge in [-0.2, -0.15) is 11.8 Å². The Morgan fingerprint density at radius 3 is 2.50 bits per heavy atom. The molecule has 2 unspecified atom stereocenters. The van der Waals surface area contributed by atoms with E-state index in [4.69, 9.17) is 9.84 Å². The van der Waals surface area contributed by atoms with Crippen molar-refractivity contribution in [1.29, 1.82) is 0 Å². The highest BCUT2D eigenvalue weighted by atomic mass is 32.2. The van der Waals surface area contributed by atoms with E-state index in [2.05, 4.69) is 6.92 Å². The van der Waals surface area contributed by atoms with E-state index < -0.39 is 0 Å². The highest BCUT2D eigenvalue weighted by molar-refractivity contribution is 7.99. The Kier molecular flexibility index (Phi) is 8.07. The van der Waals surface area contributed by atoms with Crippen molar-refractivity contribution < 1.29 is 9.84 Å². The molecule has 12 heavy (non-hydrogen) atoms. The Bertz CT molecular complexity index is 96.5. The van der Waals surface area contributed by atoms with E-state index >= 15 is 0 Å². The zero-order valence-corrected chi connectivity index (χ0v) is 9.06. The Balaban J connectivity index is 3.08. The lowest BCUT2D eigenvalue weighted by atomic mass is 10.3. The molecule has 2 atom stereocenters. The summed E-state index contributed by atoms with van der Waals surface area (Å²) in [5.41, 5.74) is 0. The summed E-state index contributed by atoms with van der Waals surface area (Å²) < 4.78 is 5.31. The van der Waals surface area contributed by atoms with Gasteiger partial charge in [0.2, 0.25) is 0 Å². The summed E-state index contributed by atoms with van der Waals surface area (Å²) >= 11 is 1.76. The van der Waals surface area contributed by atoms with Crippen molar-refractivity contribution in [3.63, 3.8) is 0 Å². The number of rotatable bonds is 7. The van der Waals surface area contributed by atoms with Crippen molar-refractivity contribution in [2.75, 3.05) is 19.0 Å². The van der Waals surface area contributed by atoms with Crippen LogP contribution in [0.4, 0.5) is 0 Å². The largest absolute Gasteiger partial charge is 0.392 e. The summed E-state index contributed by atoms with van der Waals surface area (Å²) in [6.07, 6.45) is 0.859. The van der Waals surface area contributed by atoms with E-state index in [0.717, 1.165) is 25.4 Å². The molecule has 0 aliphatic rings. The van der Waals surface area contributed by atoms with Crippen molar-refractivity contribution in [3.8, 4) is 0 Å². The van der Waals surface area contributed by atoms with Gasteiger partial charge >= 0.3 is 0 Å². The lowest BCUT2D eigenvalue weighted by molar-refractivity contribution is 0.150. The molecule has 0 rings (SSSR count). The molecule has 0 heterocycles. The van der Waals surface area contributed by atoms with Crippen LogP contribution in [0.5, 0.6) is 0 Å². The quantitative estimate of drug-likeness (QED) is 0.625. The molecule has 0 radical (unpaired) electrons. The molecule has 0 saturated heterocycles. The summed E-state index contributed by atoms with van der Waals surface area (Å²) in [5, 5.41) is 9.48. The van der Waals surface area contributed by atoms with E-state index in [0.29, 0.717) is 5.25 Å². The van der Waals surface area contributed by atoms with Crippen LogP contribution in [0.15, 0.2) is 0 Å². The van der Waals surface area contributed by atoms with E-state index in [-0.39, 0.29) is 6.10 Å². The number of thioether (sulfide) groups is 1. The van der Waals surface area contributed by atoms with Gasteiger partial charge in [-0.3, -0.25) is 0 Å². The Hall–Kier alpha value is 0.270. The highest BCUT2D eigenvalue weighted by Crippen LogP contribution is 2.13. The number of aliphatic hydroxyl groups excluding tert-OH is 1. The summed E-state index contributed by atoms with van der Waals surface area (Å²) in [6, 6.07) is 0. The molecule has 1 N–H and O–H groups in total. The minimum atomic E-state index is -0.221. The van der Waals surface area contributed by atoms with Crippen molar-refractivity contribution in [3.05, 3.63) is 0 Å². The van der Waals surface area contributed by atoms with E-state index in [1.165, 1.54) is 0 Å². The van der Waals surface area contributed by atoms with Gasteiger partial charge in [0.25, 0.3) is 0 Å². The number of hydrogen-bond acceptors (Lipinski definition) is 3. The molecule has 0 fully saturated rings. The molecule has 0 aliphatic carbocycles. The molecular formula is C9H20O2S. The smallest absolute Gasteiger partial charge is 0.0628 e. The third kappa shape index (κ3) is 6.95. The summed E-state index contributed by atoms with van der Waals surface area (Å²) in [7, 11) is 0. The molecule has 0 aromatic heterocycles. The fourth-order valence-corrected chi connectivity index (χ4v) is 1.54. The molecule has 0 saturated carbocycles. The highest BCUT2D eigenvalue weighted by Gasteiger charge is 2.07. The fraction of sp³-hybridized carbons (Fsp3) is 1.00. The van der Waals surface area contributed by atoms with Gasteiger partial charge in [0, 0.05) is 17.6 Å². The fourth-order valence-electron chi connectivity index (χ4n) is 0.679. The van der Waals surface area contributed by atoms with Crippen LogP contribution < -0.4 is 0 Å². The lowest BCUT2D eigenvalue weighted by Crippen LogP contribution is -2.16. The van der Waals surface area contributed by atoms with E-state index in [1.807, 2.05) is 13.8 Å². The van der Waals surface area contributed by atoms with Crippen LogP contribution in [0, 0.1) is 0 Å². The summed E-state index contributed by atoms with van der Waals surface area (Å²) in [6.45, 7) is 7.62.